The first kappa shape index (κ1) is 21.2. The lowest BCUT2D eigenvalue weighted by Crippen LogP contribution is -2.11. The Morgan fingerprint density at radius 2 is 1.65 bits per heavy atom. The number of aromatic hydroxyl groups is 1. The predicted molar refractivity (Wildman–Crippen MR) is 125 cm³/mol. The standard InChI is InChI=1S/C24H21Cl2N3O2/c1-28(2)14-16-11-19(13-21(24(16)30)15-3-5-17(25)6-4-15)27-22-9-10-29(31)23-12-18(26)7-8-20(22)23/h3-13,30-31H,14H2,1-2H3. The largest absolute Gasteiger partial charge is 0.507 e. The van der Waals surface area contributed by atoms with E-state index in [0.29, 0.717) is 38.7 Å². The average molecular weight is 454 g/mol. The fourth-order valence-electron chi connectivity index (χ4n) is 3.51. The maximum Gasteiger partial charge on any atom is 0.128 e. The molecule has 0 aliphatic heterocycles. The lowest BCUT2D eigenvalue weighted by atomic mass is 10.00. The first-order valence-electron chi connectivity index (χ1n) is 9.63. The van der Waals surface area contributed by atoms with E-state index in [9.17, 15) is 10.3 Å². The topological polar surface area (TPSA) is 61.0 Å². The van der Waals surface area contributed by atoms with E-state index in [4.69, 9.17) is 28.2 Å². The van der Waals surface area contributed by atoms with Crippen LogP contribution in [0.3, 0.4) is 0 Å². The molecule has 0 radical (unpaired) electrons. The van der Waals surface area contributed by atoms with Crippen molar-refractivity contribution in [3.05, 3.63) is 87.8 Å². The van der Waals surface area contributed by atoms with Gasteiger partial charge in [-0.1, -0.05) is 35.3 Å². The summed E-state index contributed by atoms with van der Waals surface area (Å²) in [6, 6.07) is 18.0. The number of phenolic OH excluding ortho intramolecular Hbond substituents is 1. The minimum atomic E-state index is 0.216. The Bertz CT molecular complexity index is 1330. The summed E-state index contributed by atoms with van der Waals surface area (Å²) in [6.45, 7) is 0.553. The summed E-state index contributed by atoms with van der Waals surface area (Å²) >= 11 is 12.1. The predicted octanol–water partition coefficient (Wildman–Crippen LogP) is 5.85. The van der Waals surface area contributed by atoms with E-state index in [1.54, 1.807) is 30.3 Å². The van der Waals surface area contributed by atoms with Crippen LogP contribution in [0.5, 0.6) is 5.75 Å². The van der Waals surface area contributed by atoms with Gasteiger partial charge in [0.2, 0.25) is 0 Å². The number of pyridine rings is 1. The summed E-state index contributed by atoms with van der Waals surface area (Å²) < 4.78 is 1.02. The lowest BCUT2D eigenvalue weighted by molar-refractivity contribution is 0.198. The van der Waals surface area contributed by atoms with Gasteiger partial charge < -0.3 is 15.2 Å². The van der Waals surface area contributed by atoms with E-state index < -0.39 is 0 Å². The van der Waals surface area contributed by atoms with E-state index >= 15 is 0 Å². The van der Waals surface area contributed by atoms with E-state index in [1.165, 1.54) is 6.20 Å². The third-order valence-electron chi connectivity index (χ3n) is 4.92. The molecular weight excluding hydrogens is 433 g/mol. The molecule has 0 fully saturated rings. The molecule has 1 aromatic heterocycles. The van der Waals surface area contributed by atoms with Crippen molar-refractivity contribution in [3.8, 4) is 16.9 Å². The van der Waals surface area contributed by atoms with Gasteiger partial charge >= 0.3 is 0 Å². The Morgan fingerprint density at radius 1 is 0.935 bits per heavy atom. The fourth-order valence-corrected chi connectivity index (χ4v) is 3.80. The molecule has 1 heterocycles. The van der Waals surface area contributed by atoms with Crippen molar-refractivity contribution in [2.45, 2.75) is 6.54 Å². The van der Waals surface area contributed by atoms with Gasteiger partial charge in [0, 0.05) is 39.3 Å². The molecule has 0 atom stereocenters. The van der Waals surface area contributed by atoms with Crippen LogP contribution in [-0.2, 0) is 6.54 Å². The van der Waals surface area contributed by atoms with Crippen molar-refractivity contribution in [1.82, 2.24) is 9.63 Å². The van der Waals surface area contributed by atoms with Gasteiger partial charge in [0.05, 0.1) is 16.6 Å². The Balaban J connectivity index is 1.95. The first-order valence-corrected chi connectivity index (χ1v) is 10.4. The normalized spacial score (nSPS) is 12.1. The Labute approximate surface area is 190 Å². The van der Waals surface area contributed by atoms with Gasteiger partial charge in [-0.3, -0.25) is 0 Å². The molecule has 0 spiro atoms. The van der Waals surface area contributed by atoms with E-state index in [-0.39, 0.29) is 5.75 Å². The van der Waals surface area contributed by atoms with Gasteiger partial charge in [-0.05, 0) is 68.2 Å². The zero-order valence-corrected chi connectivity index (χ0v) is 18.6. The highest BCUT2D eigenvalue weighted by atomic mass is 35.5. The van der Waals surface area contributed by atoms with Gasteiger partial charge in [-0.2, -0.15) is 4.73 Å². The number of fused-ring (bicyclic) bond motifs is 1. The number of phenols is 1. The lowest BCUT2D eigenvalue weighted by Gasteiger charge is -2.15. The van der Waals surface area contributed by atoms with Crippen molar-refractivity contribution in [2.24, 2.45) is 4.99 Å². The van der Waals surface area contributed by atoms with E-state index in [2.05, 4.69) is 0 Å². The Kier molecular flexibility index (Phi) is 5.92. The quantitative estimate of drug-likeness (QED) is 0.380. The molecule has 7 heteroatoms. The van der Waals surface area contributed by atoms with Crippen LogP contribution in [-0.4, -0.2) is 34.0 Å². The maximum atomic E-state index is 10.9. The van der Waals surface area contributed by atoms with Crippen LogP contribution in [0.1, 0.15) is 5.56 Å². The Hall–Kier alpha value is -2.99. The highest BCUT2D eigenvalue weighted by Gasteiger charge is 2.13. The first-order chi connectivity index (χ1) is 14.8. The van der Waals surface area contributed by atoms with Crippen molar-refractivity contribution in [1.29, 1.82) is 0 Å². The minimum Gasteiger partial charge on any atom is -0.507 e. The molecule has 0 unspecified atom stereocenters. The van der Waals surface area contributed by atoms with Gasteiger partial charge in [-0.15, -0.1) is 0 Å². The molecule has 3 aromatic carbocycles. The van der Waals surface area contributed by atoms with Gasteiger partial charge in [-0.25, -0.2) is 4.99 Å². The molecule has 2 N–H and O–H groups in total. The van der Waals surface area contributed by atoms with Gasteiger partial charge in [0.15, 0.2) is 0 Å². The van der Waals surface area contributed by atoms with Crippen molar-refractivity contribution in [2.75, 3.05) is 14.1 Å². The molecule has 0 aliphatic carbocycles. The molecule has 0 bridgehead atoms. The molecule has 0 aliphatic rings. The average Bonchev–Trinajstić information content (AvgIpc) is 2.73. The monoisotopic (exact) mass is 453 g/mol. The van der Waals surface area contributed by atoms with Crippen LogP contribution in [0, 0.1) is 0 Å². The maximum absolute atomic E-state index is 10.9. The molecule has 158 valence electrons. The number of hydrogen-bond donors (Lipinski definition) is 2. The number of halogens is 2. The van der Waals surface area contributed by atoms with Crippen molar-refractivity contribution in [3.63, 3.8) is 0 Å². The van der Waals surface area contributed by atoms with Crippen LogP contribution >= 0.6 is 23.2 Å². The third kappa shape index (κ3) is 4.54. The second kappa shape index (κ2) is 8.63. The smallest absolute Gasteiger partial charge is 0.128 e. The minimum absolute atomic E-state index is 0.216. The third-order valence-corrected chi connectivity index (χ3v) is 5.41. The van der Waals surface area contributed by atoms with Gasteiger partial charge in [0.1, 0.15) is 5.75 Å². The van der Waals surface area contributed by atoms with Crippen LogP contribution in [0.2, 0.25) is 10.0 Å². The zero-order valence-electron chi connectivity index (χ0n) is 17.0. The summed E-state index contributed by atoms with van der Waals surface area (Å²) in [5.74, 6) is 0.216. The highest BCUT2D eigenvalue weighted by Crippen LogP contribution is 2.37. The number of benzene rings is 3. The van der Waals surface area contributed by atoms with Crippen LogP contribution in [0.25, 0.3) is 22.0 Å². The Morgan fingerprint density at radius 3 is 2.35 bits per heavy atom. The molecule has 0 saturated heterocycles. The second-order valence-electron chi connectivity index (χ2n) is 7.56. The SMILES string of the molecule is CN(C)Cc1cc(N=c2ccn(O)c3cc(Cl)ccc23)cc(-c2ccc(Cl)cc2)c1O. The number of hydrogen-bond acceptors (Lipinski definition) is 4. The van der Waals surface area contributed by atoms with Crippen LogP contribution in [0.4, 0.5) is 5.69 Å². The number of rotatable bonds is 4. The summed E-state index contributed by atoms with van der Waals surface area (Å²) in [5, 5.41) is 23.7. The van der Waals surface area contributed by atoms with Crippen LogP contribution < -0.4 is 5.36 Å². The molecule has 31 heavy (non-hydrogen) atoms. The van der Waals surface area contributed by atoms with E-state index in [1.807, 2.05) is 49.3 Å². The van der Waals surface area contributed by atoms with Crippen LogP contribution in [0.15, 0.2) is 71.9 Å². The molecule has 5 nitrogen and oxygen atoms in total. The van der Waals surface area contributed by atoms with Crippen molar-refractivity contribution < 1.29 is 10.3 Å². The summed E-state index contributed by atoms with van der Waals surface area (Å²) in [4.78, 5) is 6.81. The molecule has 4 rings (SSSR count). The summed E-state index contributed by atoms with van der Waals surface area (Å²) in [6.07, 6.45) is 1.53. The molecular formula is C24H21Cl2N3O2. The number of nitrogens with zero attached hydrogens (tertiary/aromatic N) is 3. The fraction of sp³-hybridized carbons (Fsp3) is 0.125. The second-order valence-corrected chi connectivity index (χ2v) is 8.44. The number of aromatic nitrogens is 1. The highest BCUT2D eigenvalue weighted by molar-refractivity contribution is 6.31. The molecule has 0 amide bonds. The molecule has 4 aromatic rings. The zero-order chi connectivity index (χ0) is 22.1. The van der Waals surface area contributed by atoms with E-state index in [0.717, 1.165) is 21.2 Å². The van der Waals surface area contributed by atoms with Crippen molar-refractivity contribution >= 4 is 39.8 Å². The summed E-state index contributed by atoms with van der Waals surface area (Å²) in [5.41, 5.74) is 3.52. The van der Waals surface area contributed by atoms with Gasteiger partial charge in [0.25, 0.3) is 0 Å². The summed E-state index contributed by atoms with van der Waals surface area (Å²) in [7, 11) is 3.89. The molecule has 0 saturated carbocycles.